The molecule has 2 atom stereocenters. The van der Waals surface area contributed by atoms with Crippen LogP contribution in [0.5, 0.6) is 0 Å². The Labute approximate surface area is 125 Å². The summed E-state index contributed by atoms with van der Waals surface area (Å²) in [6, 6.07) is 6.41. The van der Waals surface area contributed by atoms with Gasteiger partial charge in [-0.15, -0.1) is 0 Å². The zero-order valence-corrected chi connectivity index (χ0v) is 12.8. The van der Waals surface area contributed by atoms with Crippen LogP contribution in [0.25, 0.3) is 6.08 Å². The Morgan fingerprint density at radius 1 is 1.33 bits per heavy atom. The van der Waals surface area contributed by atoms with E-state index < -0.39 is 21.8 Å². The molecule has 5 nitrogen and oxygen atoms in total. The summed E-state index contributed by atoms with van der Waals surface area (Å²) < 4.78 is 26.8. The van der Waals surface area contributed by atoms with Crippen LogP contribution in [0.2, 0.25) is 0 Å². The highest BCUT2D eigenvalue weighted by molar-refractivity contribution is 7.89. The van der Waals surface area contributed by atoms with Gasteiger partial charge in [0.15, 0.2) is 0 Å². The molecule has 1 aromatic rings. The van der Waals surface area contributed by atoms with Crippen LogP contribution < -0.4 is 5.73 Å². The first-order valence-electron chi connectivity index (χ1n) is 6.90. The molecule has 6 heteroatoms. The highest BCUT2D eigenvalue weighted by Gasteiger charge is 2.36. The minimum absolute atomic E-state index is 0.135. The maximum atomic E-state index is 12.7. The predicted octanol–water partition coefficient (Wildman–Crippen LogP) is 1.60. The zero-order chi connectivity index (χ0) is 15.6. The quantitative estimate of drug-likeness (QED) is 0.917. The molecule has 2 N–H and O–H groups in total. The van der Waals surface area contributed by atoms with E-state index in [2.05, 4.69) is 6.58 Å². The van der Waals surface area contributed by atoms with Crippen molar-refractivity contribution in [2.45, 2.75) is 30.7 Å². The number of piperidine rings is 1. The normalized spacial score (nSPS) is 23.7. The van der Waals surface area contributed by atoms with Gasteiger partial charge in [-0.3, -0.25) is 4.79 Å². The third-order valence-corrected chi connectivity index (χ3v) is 5.94. The fourth-order valence-electron chi connectivity index (χ4n) is 2.55. The molecule has 0 radical (unpaired) electrons. The summed E-state index contributed by atoms with van der Waals surface area (Å²) in [6.07, 6.45) is 2.93. The maximum Gasteiger partial charge on any atom is 0.243 e. The molecule has 2 rings (SSSR count). The van der Waals surface area contributed by atoms with Gasteiger partial charge in [-0.1, -0.05) is 24.8 Å². The summed E-state index contributed by atoms with van der Waals surface area (Å²) in [5.74, 6) is -0.854. The molecule has 0 spiro atoms. The SMILES string of the molecule is C=Cc1ccc(S(=O)(=O)N2CC(C(N)=O)CCC2C)cc1. The fourth-order valence-corrected chi connectivity index (χ4v) is 4.26. The van der Waals surface area contributed by atoms with Crippen molar-refractivity contribution in [2.24, 2.45) is 11.7 Å². The Bertz CT molecular complexity index is 637. The third-order valence-electron chi connectivity index (χ3n) is 3.95. The van der Waals surface area contributed by atoms with Crippen LogP contribution >= 0.6 is 0 Å². The van der Waals surface area contributed by atoms with Crippen molar-refractivity contribution in [3.05, 3.63) is 36.4 Å². The minimum atomic E-state index is -3.61. The fraction of sp³-hybridized carbons (Fsp3) is 0.400. The molecule has 0 aliphatic carbocycles. The van der Waals surface area contributed by atoms with E-state index in [1.165, 1.54) is 4.31 Å². The van der Waals surface area contributed by atoms with E-state index in [1.54, 1.807) is 30.3 Å². The Balaban J connectivity index is 2.31. The number of hydrogen-bond acceptors (Lipinski definition) is 3. The van der Waals surface area contributed by atoms with E-state index in [-0.39, 0.29) is 17.5 Å². The van der Waals surface area contributed by atoms with Crippen molar-refractivity contribution in [2.75, 3.05) is 6.54 Å². The lowest BCUT2D eigenvalue weighted by molar-refractivity contribution is -0.123. The monoisotopic (exact) mass is 308 g/mol. The molecular formula is C15H20N2O3S. The zero-order valence-electron chi connectivity index (χ0n) is 12.0. The van der Waals surface area contributed by atoms with E-state index >= 15 is 0 Å². The molecule has 1 heterocycles. The number of carbonyl (C=O) groups is 1. The second kappa shape index (κ2) is 5.99. The van der Waals surface area contributed by atoms with Crippen LogP contribution in [0.3, 0.4) is 0 Å². The van der Waals surface area contributed by atoms with Gasteiger partial charge in [0.25, 0.3) is 0 Å². The van der Waals surface area contributed by atoms with Gasteiger partial charge in [0.05, 0.1) is 10.8 Å². The van der Waals surface area contributed by atoms with E-state index in [4.69, 9.17) is 5.73 Å². The molecule has 1 fully saturated rings. The smallest absolute Gasteiger partial charge is 0.243 e. The Hall–Kier alpha value is -1.66. The highest BCUT2D eigenvalue weighted by Crippen LogP contribution is 2.28. The van der Waals surface area contributed by atoms with Gasteiger partial charge in [-0.25, -0.2) is 8.42 Å². The number of amides is 1. The first-order valence-corrected chi connectivity index (χ1v) is 8.34. The number of sulfonamides is 1. The number of hydrogen-bond donors (Lipinski definition) is 1. The van der Waals surface area contributed by atoms with Crippen LogP contribution in [0.4, 0.5) is 0 Å². The van der Waals surface area contributed by atoms with Gasteiger partial charge in [0, 0.05) is 12.6 Å². The second-order valence-electron chi connectivity index (χ2n) is 5.37. The van der Waals surface area contributed by atoms with Crippen molar-refractivity contribution in [3.63, 3.8) is 0 Å². The number of benzene rings is 1. The van der Waals surface area contributed by atoms with Crippen LogP contribution in [-0.2, 0) is 14.8 Å². The van der Waals surface area contributed by atoms with Gasteiger partial charge in [-0.05, 0) is 37.5 Å². The van der Waals surface area contributed by atoms with Crippen molar-refractivity contribution < 1.29 is 13.2 Å². The van der Waals surface area contributed by atoms with Gasteiger partial charge < -0.3 is 5.73 Å². The average Bonchev–Trinajstić information content (AvgIpc) is 2.47. The first-order chi connectivity index (χ1) is 9.86. The van der Waals surface area contributed by atoms with Crippen LogP contribution in [0.1, 0.15) is 25.3 Å². The lowest BCUT2D eigenvalue weighted by Crippen LogP contribution is -2.48. The topological polar surface area (TPSA) is 80.5 Å². The molecule has 1 aromatic carbocycles. The summed E-state index contributed by atoms with van der Waals surface area (Å²) in [5.41, 5.74) is 6.18. The summed E-state index contributed by atoms with van der Waals surface area (Å²) in [4.78, 5) is 11.6. The Morgan fingerprint density at radius 3 is 2.48 bits per heavy atom. The van der Waals surface area contributed by atoms with Crippen molar-refractivity contribution >= 4 is 22.0 Å². The largest absolute Gasteiger partial charge is 0.369 e. The van der Waals surface area contributed by atoms with E-state index in [1.807, 2.05) is 6.92 Å². The summed E-state index contributed by atoms with van der Waals surface area (Å²) in [5, 5.41) is 0. The number of carbonyl (C=O) groups excluding carboxylic acids is 1. The maximum absolute atomic E-state index is 12.7. The summed E-state index contributed by atoms with van der Waals surface area (Å²) in [7, 11) is -3.61. The van der Waals surface area contributed by atoms with Gasteiger partial charge in [0.1, 0.15) is 0 Å². The van der Waals surface area contributed by atoms with Gasteiger partial charge in [0.2, 0.25) is 15.9 Å². The molecule has 114 valence electrons. The molecule has 0 bridgehead atoms. The Morgan fingerprint density at radius 2 is 1.95 bits per heavy atom. The van der Waals surface area contributed by atoms with E-state index in [0.29, 0.717) is 12.8 Å². The van der Waals surface area contributed by atoms with Crippen molar-refractivity contribution in [1.82, 2.24) is 4.31 Å². The van der Waals surface area contributed by atoms with Gasteiger partial charge >= 0.3 is 0 Å². The minimum Gasteiger partial charge on any atom is -0.369 e. The van der Waals surface area contributed by atoms with Crippen LogP contribution in [0, 0.1) is 5.92 Å². The standard InChI is InChI=1S/C15H20N2O3S/c1-3-12-5-8-14(9-6-12)21(19,20)17-10-13(15(16)18)7-4-11(17)2/h3,5-6,8-9,11,13H,1,4,7,10H2,2H3,(H2,16,18). The van der Waals surface area contributed by atoms with Crippen molar-refractivity contribution in [3.8, 4) is 0 Å². The number of nitrogens with two attached hydrogens (primary N) is 1. The molecule has 0 aromatic heterocycles. The molecule has 1 aliphatic heterocycles. The average molecular weight is 308 g/mol. The lowest BCUT2D eigenvalue weighted by atomic mass is 9.95. The molecule has 21 heavy (non-hydrogen) atoms. The molecule has 1 amide bonds. The van der Waals surface area contributed by atoms with E-state index in [0.717, 1.165) is 5.56 Å². The third kappa shape index (κ3) is 3.16. The van der Waals surface area contributed by atoms with Gasteiger partial charge in [-0.2, -0.15) is 4.31 Å². The van der Waals surface area contributed by atoms with Crippen LogP contribution in [-0.4, -0.2) is 31.2 Å². The number of primary amides is 1. The predicted molar refractivity (Wildman–Crippen MR) is 81.8 cm³/mol. The Kier molecular flexibility index (Phi) is 4.49. The molecule has 1 aliphatic rings. The summed E-state index contributed by atoms with van der Waals surface area (Å²) in [6.45, 7) is 5.65. The highest BCUT2D eigenvalue weighted by atomic mass is 32.2. The molecule has 1 saturated heterocycles. The number of rotatable bonds is 4. The molecule has 2 unspecified atom stereocenters. The lowest BCUT2D eigenvalue weighted by Gasteiger charge is -2.35. The van der Waals surface area contributed by atoms with E-state index in [9.17, 15) is 13.2 Å². The molecule has 0 saturated carbocycles. The number of nitrogens with zero attached hydrogens (tertiary/aromatic N) is 1. The second-order valence-corrected chi connectivity index (χ2v) is 7.26. The molecular weight excluding hydrogens is 288 g/mol. The van der Waals surface area contributed by atoms with Crippen LogP contribution in [0.15, 0.2) is 35.7 Å². The first kappa shape index (κ1) is 15.7. The van der Waals surface area contributed by atoms with Crippen molar-refractivity contribution in [1.29, 1.82) is 0 Å². The summed E-state index contributed by atoms with van der Waals surface area (Å²) >= 11 is 0.